The summed E-state index contributed by atoms with van der Waals surface area (Å²) in [5.74, 6) is -2.28. The zero-order chi connectivity index (χ0) is 77.9. The van der Waals surface area contributed by atoms with Crippen molar-refractivity contribution >= 4 is 74.1 Å². The number of benzene rings is 1. The molecule has 2 fully saturated rings. The molecule has 4 aromatic rings. The third kappa shape index (κ3) is 26.0. The second-order valence-corrected chi connectivity index (χ2v) is 31.7. The van der Waals surface area contributed by atoms with E-state index in [2.05, 4.69) is 77.9 Å². The number of aliphatic hydroxyl groups is 1. The van der Waals surface area contributed by atoms with E-state index in [0.717, 1.165) is 37.2 Å². The van der Waals surface area contributed by atoms with Gasteiger partial charge in [-0.2, -0.15) is 4.98 Å². The number of ether oxygens (including phenoxy) is 4. The van der Waals surface area contributed by atoms with Gasteiger partial charge in [-0.15, -0.1) is 0 Å². The quantitative estimate of drug-likeness (QED) is 0.0177. The molecule has 2 bridgehead atoms. The molecule has 4 aliphatic heterocycles. The molecule has 4 aliphatic rings. The third-order valence-corrected chi connectivity index (χ3v) is 20.8. The van der Waals surface area contributed by atoms with Crippen molar-refractivity contribution in [1.82, 2.24) is 65.5 Å². The lowest BCUT2D eigenvalue weighted by atomic mass is 10.0. The number of quaternary nitrogens is 2. The van der Waals surface area contributed by atoms with Crippen molar-refractivity contribution in [2.45, 2.75) is 153 Å². The minimum Gasteiger partial charge on any atom is -0.497 e. The van der Waals surface area contributed by atoms with Crippen molar-refractivity contribution in [3.8, 4) is 5.75 Å². The van der Waals surface area contributed by atoms with E-state index in [0.29, 0.717) is 96.4 Å². The van der Waals surface area contributed by atoms with E-state index in [1.165, 1.54) is 43.5 Å². The van der Waals surface area contributed by atoms with E-state index in [1.807, 2.05) is 4.90 Å². The number of nitrogen functional groups attached to an aromatic ring is 1. The van der Waals surface area contributed by atoms with E-state index in [9.17, 15) is 57.9 Å². The molecule has 0 radical (unpaired) electrons. The van der Waals surface area contributed by atoms with Crippen molar-refractivity contribution in [2.24, 2.45) is 0 Å². The number of hydrogen-bond acceptors (Lipinski definition) is 26. The molecule has 0 aliphatic carbocycles. The minimum atomic E-state index is -5.39. The standard InChI is InChI=1S/C67H105N17O21P2/c1-45(85)69-24-14-17-48(75-66(93)104-67(2,3)4)62(90)74-49(37-46-18-20-47(98-9)21-19-46)63(91)77-57-52(103-64(59(57)89)82-44-73-58-60(78(5)6)71-43-72-61(58)82)42-101-107(96,97)105-50-38-55(81-27-22-53(68)76-65(81)92)102-51(50)41-100-106(94,95)99-36-13-11-10-12-23-70-54(86)40-84-31-16-26-80(39-56(87)88)29-32-83(8,34-35-84)30-15-25-79(7)28-33-84/h18-22,27,34-35,43-44,48-52,55,57,59,64,89H,10-17,23-26,28-33,36-42H2,1-9H3,(H8-2,68,69,70,74,75,76,77,85,86,87,88,90,91,92,93,94,95,96,97)/p+2/t48-,49+,50?,51-,52-,55-,57?,59+,64-,83?,84?/m1/s1. The van der Waals surface area contributed by atoms with Gasteiger partial charge in [0.2, 0.25) is 17.7 Å². The van der Waals surface area contributed by atoms with Gasteiger partial charge in [0.25, 0.3) is 5.91 Å². The normalized spacial score (nSPS) is 24.8. The van der Waals surface area contributed by atoms with Crippen LogP contribution in [0, 0.1) is 0 Å². The van der Waals surface area contributed by atoms with Crippen LogP contribution >= 0.6 is 15.6 Å². The van der Waals surface area contributed by atoms with E-state index < -0.39 is 119 Å². The van der Waals surface area contributed by atoms with Crippen molar-refractivity contribution in [3.63, 3.8) is 0 Å². The number of fused-ring (bicyclic) bond motifs is 3. The van der Waals surface area contributed by atoms with Gasteiger partial charge in [-0.1, -0.05) is 25.0 Å². The molecule has 38 nitrogen and oxygen atoms in total. The van der Waals surface area contributed by atoms with Crippen LogP contribution in [-0.4, -0.2) is 285 Å². The fourth-order valence-electron chi connectivity index (χ4n) is 13.0. The Morgan fingerprint density at radius 3 is 2.24 bits per heavy atom. The Kier molecular flexibility index (Phi) is 30.7. The van der Waals surface area contributed by atoms with Gasteiger partial charge < -0.3 is 81.1 Å². The summed E-state index contributed by atoms with van der Waals surface area (Å²) in [5.41, 5.74) is 4.93. The summed E-state index contributed by atoms with van der Waals surface area (Å²) in [5, 5.41) is 35.8. The van der Waals surface area contributed by atoms with Crippen LogP contribution in [0.1, 0.15) is 104 Å². The summed E-state index contributed by atoms with van der Waals surface area (Å²) in [6, 6.07) is 3.54. The van der Waals surface area contributed by atoms with Crippen molar-refractivity contribution in [1.29, 1.82) is 0 Å². The Morgan fingerprint density at radius 2 is 1.53 bits per heavy atom. The van der Waals surface area contributed by atoms with Gasteiger partial charge in [0, 0.05) is 92.2 Å². The van der Waals surface area contributed by atoms with Crippen LogP contribution in [0.15, 0.2) is 66.4 Å². The van der Waals surface area contributed by atoms with E-state index in [1.54, 1.807) is 64.0 Å². The maximum atomic E-state index is 15.0. The predicted molar refractivity (Wildman–Crippen MR) is 387 cm³/mol. The number of alkyl carbamates (subject to hydrolysis) is 1. The Hall–Kier alpha value is -7.65. The molecule has 6 unspecified atom stereocenters. The molecule has 8 rings (SSSR count). The van der Waals surface area contributed by atoms with Crippen LogP contribution in [0.5, 0.6) is 5.75 Å². The minimum absolute atomic E-state index is 0.0246. The molecule has 40 heteroatoms. The molecule has 13 atom stereocenters. The number of nitrogens with one attached hydrogen (secondary N) is 5. The number of nitrogens with two attached hydrogens (primary N) is 1. The number of carbonyl (C=O) groups excluding carboxylic acids is 5. The maximum Gasteiger partial charge on any atom is 0.472 e. The number of phosphoric ester groups is 2. The fraction of sp³-hybridized carbons (Fsp3) is 0.657. The van der Waals surface area contributed by atoms with Gasteiger partial charge in [0.1, 0.15) is 72.4 Å². The first-order valence-corrected chi connectivity index (χ1v) is 38.8. The number of carbonyl (C=O) groups is 6. The van der Waals surface area contributed by atoms with Gasteiger partial charge in [0.05, 0.1) is 79.1 Å². The van der Waals surface area contributed by atoms with E-state index >= 15 is 4.79 Å². The van der Waals surface area contributed by atoms with Gasteiger partial charge in [-0.3, -0.25) is 65.1 Å². The summed E-state index contributed by atoms with van der Waals surface area (Å²) in [6.45, 7) is 10.9. The fourth-order valence-corrected chi connectivity index (χ4v) is 14.7. The lowest BCUT2D eigenvalue weighted by Crippen LogP contribution is -2.58. The number of rotatable bonds is 35. The summed E-state index contributed by atoms with van der Waals surface area (Å²) in [6.07, 6.45) is 1.65. The van der Waals surface area contributed by atoms with Crippen LogP contribution in [0.25, 0.3) is 11.2 Å². The molecule has 3 aromatic heterocycles. The number of unbranched alkanes of at least 4 members (excludes halogenated alkanes) is 3. The van der Waals surface area contributed by atoms with E-state index in [4.69, 9.17) is 42.8 Å². The molecule has 594 valence electrons. The Balaban J connectivity index is 0.925. The highest BCUT2D eigenvalue weighted by molar-refractivity contribution is 7.47. The van der Waals surface area contributed by atoms with Crippen LogP contribution in [0.3, 0.4) is 0 Å². The van der Waals surface area contributed by atoms with Crippen LogP contribution < -0.4 is 47.6 Å². The monoisotopic (exact) mass is 1550 g/mol. The average molecular weight is 1550 g/mol. The number of likely N-dealkylation sites (N-methyl/N-ethyl adjacent to an activating group) is 2. The first-order valence-electron chi connectivity index (χ1n) is 35.8. The largest absolute Gasteiger partial charge is 0.497 e. The summed E-state index contributed by atoms with van der Waals surface area (Å²) in [4.78, 5) is 138. The SMILES string of the molecule is COc1ccc(C[C@H](NC(=O)[C@@H](CCCNC(C)=O)NC(=O)OC(C)(C)C)C(=O)NC2[C@@H](COP(=O)(O)OC3C[C@H](n4ccc(N)nc4=O)O[C@@H]3COP(=O)(O)OCCCCCCNC(=O)C[N+]34C=C[N+](C)(CCCN(C)CC3)CCN(CC(=O)O)CCC4)O[C@@H](n3cnc4c(N(C)C)ncnc43)[C@H]2O)cc1. The highest BCUT2D eigenvalue weighted by Gasteiger charge is 2.50. The molecule has 5 amide bonds. The second kappa shape index (κ2) is 38.6. The lowest BCUT2D eigenvalue weighted by molar-refractivity contribution is -0.895. The van der Waals surface area contributed by atoms with Crippen molar-refractivity contribution < 1.29 is 104 Å². The zero-order valence-electron chi connectivity index (χ0n) is 62.3. The molecule has 2 saturated heterocycles. The molecule has 0 spiro atoms. The zero-order valence-corrected chi connectivity index (χ0v) is 64.1. The van der Waals surface area contributed by atoms with Crippen molar-refractivity contribution in [3.05, 3.63) is 77.6 Å². The van der Waals surface area contributed by atoms with Gasteiger partial charge in [-0.05, 0) is 77.3 Å². The first kappa shape index (κ1) is 85.0. The molecular formula is C67H107N17O21P2+2. The predicted octanol–water partition coefficient (Wildman–Crippen LogP) is 1.48. The number of aliphatic carboxylic acids is 1. The lowest BCUT2D eigenvalue weighted by Gasteiger charge is -2.40. The van der Waals surface area contributed by atoms with Crippen LogP contribution in [-0.2, 0) is 71.8 Å². The Labute approximate surface area is 621 Å². The molecule has 1 aromatic carbocycles. The number of methoxy groups -OCH3 is 1. The van der Waals surface area contributed by atoms with Crippen LogP contribution in [0.4, 0.5) is 16.4 Å². The van der Waals surface area contributed by atoms with Gasteiger partial charge in [0.15, 0.2) is 36.0 Å². The number of aliphatic hydroxyl groups excluding tert-OH is 1. The Morgan fingerprint density at radius 1 is 0.813 bits per heavy atom. The average Bonchev–Trinajstić information content (AvgIpc) is 1.63. The number of hydrogen-bond donors (Lipinski definition) is 10. The third-order valence-electron chi connectivity index (χ3n) is 18.8. The smallest absolute Gasteiger partial charge is 0.472 e. The molecular weight excluding hydrogens is 1440 g/mol. The number of nitrogens with zero attached hydrogens (tertiary/aromatic N) is 11. The summed E-state index contributed by atoms with van der Waals surface area (Å²) < 4.78 is 76.7. The van der Waals surface area contributed by atoms with E-state index in [-0.39, 0.29) is 75.2 Å². The van der Waals surface area contributed by atoms with Crippen molar-refractivity contribution in [2.75, 3.05) is 144 Å². The highest BCUT2D eigenvalue weighted by atomic mass is 31.2. The maximum absolute atomic E-state index is 15.0. The highest BCUT2D eigenvalue weighted by Crippen LogP contribution is 2.51. The Bertz CT molecular complexity index is 3850. The number of anilines is 2. The second-order valence-electron chi connectivity index (χ2n) is 28.8. The number of aromatic nitrogens is 6. The van der Waals surface area contributed by atoms with Gasteiger partial charge >= 0.3 is 33.4 Å². The number of imidazole rings is 1. The summed E-state index contributed by atoms with van der Waals surface area (Å²) in [7, 11) is -1.11. The molecule has 107 heavy (non-hydrogen) atoms. The molecule has 11 N–H and O–H groups in total. The number of phosphoric acid groups is 2. The number of amides is 5. The van der Waals surface area contributed by atoms with Gasteiger partial charge in [-0.25, -0.2) is 33.7 Å². The summed E-state index contributed by atoms with van der Waals surface area (Å²) >= 11 is 0. The number of carboxylic acids is 1. The van der Waals surface area contributed by atoms with Crippen LogP contribution in [0.2, 0.25) is 0 Å². The molecule has 7 heterocycles. The topological polar surface area (TPSA) is 466 Å². The first-order chi connectivity index (χ1) is 50.6. The molecule has 0 saturated carbocycles. The number of carboxylic acid groups (broad SMARTS) is 1.